The molecule has 1 aromatic rings. The van der Waals surface area contributed by atoms with Crippen LogP contribution in [0.3, 0.4) is 0 Å². The van der Waals surface area contributed by atoms with Crippen LogP contribution in [0, 0.1) is 0 Å². The van der Waals surface area contributed by atoms with Gasteiger partial charge in [0.2, 0.25) is 0 Å². The molecule has 0 saturated carbocycles. The molecular weight excluding hydrogens is 452 g/mol. The molecule has 8 heteroatoms. The van der Waals surface area contributed by atoms with E-state index in [2.05, 4.69) is 15.6 Å². The molecule has 1 saturated heterocycles. The van der Waals surface area contributed by atoms with Gasteiger partial charge in [-0.25, -0.2) is 0 Å². The fraction of sp³-hybridized carbons (Fsp3) is 0.533. The summed E-state index contributed by atoms with van der Waals surface area (Å²) in [5, 5.41) is 7.34. The lowest BCUT2D eigenvalue weighted by atomic mass is 10.2. The van der Waals surface area contributed by atoms with E-state index < -0.39 is 0 Å². The quantitative estimate of drug-likeness (QED) is 0.288. The Morgan fingerprint density at radius 2 is 2.22 bits per heavy atom. The van der Waals surface area contributed by atoms with Gasteiger partial charge in [-0.15, -0.1) is 24.0 Å². The van der Waals surface area contributed by atoms with E-state index in [9.17, 15) is 0 Å². The van der Waals surface area contributed by atoms with Crippen LogP contribution >= 0.6 is 47.2 Å². The number of nitrogens with zero attached hydrogens (tertiary/aromatic N) is 1. The Hall–Kier alpha value is -0.440. The lowest BCUT2D eigenvalue weighted by Gasteiger charge is -2.15. The van der Waals surface area contributed by atoms with Crippen LogP contribution in [0.2, 0.25) is 10.0 Å². The number of benzene rings is 1. The van der Waals surface area contributed by atoms with Gasteiger partial charge in [-0.1, -0.05) is 29.3 Å². The third-order valence-electron chi connectivity index (χ3n) is 3.31. The predicted molar refractivity (Wildman–Crippen MR) is 106 cm³/mol. The summed E-state index contributed by atoms with van der Waals surface area (Å²) in [6.07, 6.45) is 2.51. The zero-order valence-corrected chi connectivity index (χ0v) is 16.8. The molecule has 0 amide bonds. The number of rotatable bonds is 6. The average molecular weight is 474 g/mol. The van der Waals surface area contributed by atoms with E-state index in [1.54, 1.807) is 25.2 Å². The average Bonchev–Trinajstić information content (AvgIpc) is 3.04. The summed E-state index contributed by atoms with van der Waals surface area (Å²) in [4.78, 5) is 4.16. The highest BCUT2D eigenvalue weighted by atomic mass is 127. The summed E-state index contributed by atoms with van der Waals surface area (Å²) in [6.45, 7) is 2.68. The molecule has 0 radical (unpaired) electrons. The van der Waals surface area contributed by atoms with Crippen molar-refractivity contribution in [3.05, 3.63) is 28.2 Å². The van der Waals surface area contributed by atoms with Gasteiger partial charge in [0.15, 0.2) is 5.96 Å². The van der Waals surface area contributed by atoms with Crippen molar-refractivity contribution in [2.45, 2.75) is 18.9 Å². The van der Waals surface area contributed by atoms with Gasteiger partial charge >= 0.3 is 0 Å². The third-order valence-corrected chi connectivity index (χ3v) is 4.11. The molecule has 1 aliphatic heterocycles. The van der Waals surface area contributed by atoms with E-state index in [-0.39, 0.29) is 30.1 Å². The molecule has 0 aliphatic carbocycles. The first kappa shape index (κ1) is 20.6. The summed E-state index contributed by atoms with van der Waals surface area (Å²) >= 11 is 12.0. The molecule has 0 aromatic heterocycles. The largest absolute Gasteiger partial charge is 0.490 e. The molecule has 1 aromatic carbocycles. The molecule has 1 unspecified atom stereocenters. The van der Waals surface area contributed by atoms with E-state index in [0.717, 1.165) is 32.0 Å². The third kappa shape index (κ3) is 6.91. The van der Waals surface area contributed by atoms with Gasteiger partial charge in [-0.3, -0.25) is 4.99 Å². The van der Waals surface area contributed by atoms with Crippen molar-refractivity contribution in [2.24, 2.45) is 4.99 Å². The Morgan fingerprint density at radius 1 is 1.39 bits per heavy atom. The molecule has 1 atom stereocenters. The number of hydrogen-bond donors (Lipinski definition) is 2. The van der Waals surface area contributed by atoms with Crippen LogP contribution in [-0.2, 0) is 4.74 Å². The molecular formula is C15H22Cl2IN3O2. The number of hydrogen-bond acceptors (Lipinski definition) is 3. The van der Waals surface area contributed by atoms with Crippen LogP contribution in [0.1, 0.15) is 12.8 Å². The zero-order valence-electron chi connectivity index (χ0n) is 13.0. The molecule has 23 heavy (non-hydrogen) atoms. The summed E-state index contributed by atoms with van der Waals surface area (Å²) in [6, 6.07) is 5.32. The summed E-state index contributed by atoms with van der Waals surface area (Å²) in [5.74, 6) is 1.31. The second-order valence-corrected chi connectivity index (χ2v) is 5.70. The minimum Gasteiger partial charge on any atom is -0.490 e. The van der Waals surface area contributed by atoms with E-state index >= 15 is 0 Å². The molecule has 1 fully saturated rings. The highest BCUT2D eigenvalue weighted by Gasteiger charge is 2.15. The Labute approximate surface area is 164 Å². The van der Waals surface area contributed by atoms with E-state index in [4.69, 9.17) is 32.7 Å². The normalized spacial score (nSPS) is 17.5. The van der Waals surface area contributed by atoms with Crippen molar-refractivity contribution in [1.29, 1.82) is 0 Å². The second-order valence-electron chi connectivity index (χ2n) is 4.92. The maximum atomic E-state index is 6.06. The number of nitrogens with one attached hydrogen (secondary N) is 2. The highest BCUT2D eigenvalue weighted by molar-refractivity contribution is 14.0. The fourth-order valence-electron chi connectivity index (χ4n) is 2.16. The van der Waals surface area contributed by atoms with Gasteiger partial charge in [-0.2, -0.15) is 0 Å². The summed E-state index contributed by atoms with van der Waals surface area (Å²) in [7, 11) is 1.74. The first-order chi connectivity index (χ1) is 10.7. The molecule has 0 bridgehead atoms. The summed E-state index contributed by atoms with van der Waals surface area (Å²) in [5.41, 5.74) is 0. The molecule has 1 heterocycles. The van der Waals surface area contributed by atoms with Gasteiger partial charge in [0, 0.05) is 20.2 Å². The van der Waals surface area contributed by atoms with Crippen molar-refractivity contribution in [2.75, 3.05) is 33.4 Å². The van der Waals surface area contributed by atoms with Gasteiger partial charge in [-0.05, 0) is 25.0 Å². The monoisotopic (exact) mass is 473 g/mol. The van der Waals surface area contributed by atoms with Crippen molar-refractivity contribution in [3.8, 4) is 5.75 Å². The van der Waals surface area contributed by atoms with Gasteiger partial charge in [0.1, 0.15) is 17.4 Å². The van der Waals surface area contributed by atoms with Crippen molar-refractivity contribution in [1.82, 2.24) is 10.6 Å². The topological polar surface area (TPSA) is 54.9 Å². The van der Waals surface area contributed by atoms with Crippen LogP contribution in [0.15, 0.2) is 23.2 Å². The molecule has 5 nitrogen and oxygen atoms in total. The SMILES string of the molecule is CN=C(NCCOc1cccc(Cl)c1Cl)NCC1CCCO1.I. The maximum Gasteiger partial charge on any atom is 0.191 e. The molecule has 1 aliphatic rings. The number of halogens is 3. The molecule has 2 rings (SSSR count). The van der Waals surface area contributed by atoms with E-state index in [1.165, 1.54) is 0 Å². The van der Waals surface area contributed by atoms with Crippen LogP contribution < -0.4 is 15.4 Å². The van der Waals surface area contributed by atoms with E-state index in [0.29, 0.717) is 28.9 Å². The fourth-order valence-corrected chi connectivity index (χ4v) is 2.51. The van der Waals surface area contributed by atoms with Crippen LogP contribution in [0.25, 0.3) is 0 Å². The van der Waals surface area contributed by atoms with Crippen LogP contribution in [0.5, 0.6) is 5.75 Å². The second kappa shape index (κ2) is 11.2. The molecule has 130 valence electrons. The van der Waals surface area contributed by atoms with E-state index in [1.807, 2.05) is 0 Å². The Bertz CT molecular complexity index is 511. The lowest BCUT2D eigenvalue weighted by Crippen LogP contribution is -2.42. The number of ether oxygens (including phenoxy) is 2. The van der Waals surface area contributed by atoms with Crippen molar-refractivity contribution >= 4 is 53.1 Å². The lowest BCUT2D eigenvalue weighted by molar-refractivity contribution is 0.114. The van der Waals surface area contributed by atoms with Crippen LogP contribution in [-0.4, -0.2) is 45.4 Å². The van der Waals surface area contributed by atoms with Gasteiger partial charge in [0.05, 0.1) is 17.7 Å². The van der Waals surface area contributed by atoms with Crippen LogP contribution in [0.4, 0.5) is 0 Å². The Balaban J connectivity index is 0.00000264. The summed E-state index contributed by atoms with van der Waals surface area (Å²) < 4.78 is 11.2. The smallest absolute Gasteiger partial charge is 0.191 e. The standard InChI is InChI=1S/C15H21Cl2N3O2.HI/c1-18-15(20-10-11-4-3-8-21-11)19-7-9-22-13-6-2-5-12(16)14(13)17;/h2,5-6,11H,3-4,7-10H2,1H3,(H2,18,19,20);1H. The predicted octanol–water partition coefficient (Wildman–Crippen LogP) is 3.33. The van der Waals surface area contributed by atoms with Crippen molar-refractivity contribution < 1.29 is 9.47 Å². The van der Waals surface area contributed by atoms with Gasteiger partial charge in [0.25, 0.3) is 0 Å². The highest BCUT2D eigenvalue weighted by Crippen LogP contribution is 2.31. The number of guanidine groups is 1. The van der Waals surface area contributed by atoms with Crippen molar-refractivity contribution in [3.63, 3.8) is 0 Å². The zero-order chi connectivity index (χ0) is 15.8. The molecule has 2 N–H and O–H groups in total. The minimum atomic E-state index is 0. The maximum absolute atomic E-state index is 6.06. The first-order valence-corrected chi connectivity index (χ1v) is 8.09. The number of aliphatic imine (C=N–C) groups is 1. The molecule has 0 spiro atoms. The Morgan fingerprint density at radius 3 is 2.91 bits per heavy atom. The first-order valence-electron chi connectivity index (χ1n) is 7.33. The minimum absolute atomic E-state index is 0. The van der Waals surface area contributed by atoms with Gasteiger partial charge < -0.3 is 20.1 Å². The Kier molecular flexibility index (Phi) is 10.0.